The molecule has 0 aliphatic carbocycles. The van der Waals surface area contributed by atoms with Crippen LogP contribution in [0.1, 0.15) is 21.5 Å². The van der Waals surface area contributed by atoms with Crippen molar-refractivity contribution in [3.05, 3.63) is 65.2 Å². The van der Waals surface area contributed by atoms with Crippen LogP contribution in [0.15, 0.2) is 48.5 Å². The molecule has 0 saturated carbocycles. The maximum absolute atomic E-state index is 11.9. The summed E-state index contributed by atoms with van der Waals surface area (Å²) in [5.74, 6) is 0.574. The summed E-state index contributed by atoms with van der Waals surface area (Å²) in [7, 11) is 1.59. The van der Waals surface area contributed by atoms with Gasteiger partial charge in [0.1, 0.15) is 5.75 Å². The first-order valence-electron chi connectivity index (χ1n) is 8.08. The van der Waals surface area contributed by atoms with Crippen LogP contribution in [0.2, 0.25) is 0 Å². The highest BCUT2D eigenvalue weighted by atomic mass is 16.5. The fourth-order valence-corrected chi connectivity index (χ4v) is 2.25. The molecule has 0 spiro atoms. The molecule has 0 saturated heterocycles. The molecule has 2 rings (SSSR count). The number of ether oxygens (including phenoxy) is 1. The van der Waals surface area contributed by atoms with Crippen molar-refractivity contribution in [2.45, 2.75) is 13.5 Å². The van der Waals surface area contributed by atoms with E-state index in [0.29, 0.717) is 25.2 Å². The Morgan fingerprint density at radius 1 is 0.920 bits per heavy atom. The number of methoxy groups -OCH3 is 1. The van der Waals surface area contributed by atoms with Crippen molar-refractivity contribution in [3.63, 3.8) is 0 Å². The van der Waals surface area contributed by atoms with Crippen LogP contribution in [-0.2, 0) is 6.54 Å². The van der Waals surface area contributed by atoms with Gasteiger partial charge in [-0.15, -0.1) is 0 Å². The Bertz CT molecular complexity index is 714. The van der Waals surface area contributed by atoms with Crippen molar-refractivity contribution in [2.75, 3.05) is 20.2 Å². The van der Waals surface area contributed by atoms with Gasteiger partial charge in [-0.2, -0.15) is 0 Å². The molecule has 0 aliphatic rings. The van der Waals surface area contributed by atoms with E-state index in [0.717, 1.165) is 16.9 Å². The minimum Gasteiger partial charge on any atom is -0.496 e. The number of benzene rings is 2. The van der Waals surface area contributed by atoms with Gasteiger partial charge >= 0.3 is 6.03 Å². The predicted molar refractivity (Wildman–Crippen MR) is 96.7 cm³/mol. The van der Waals surface area contributed by atoms with Gasteiger partial charge in [0.15, 0.2) is 0 Å². The summed E-state index contributed by atoms with van der Waals surface area (Å²) in [6, 6.07) is 14.5. The number of nitrogens with one attached hydrogen (secondary N) is 3. The van der Waals surface area contributed by atoms with E-state index in [1.54, 1.807) is 19.2 Å². The predicted octanol–water partition coefficient (Wildman–Crippen LogP) is 2.23. The molecular weight excluding hydrogens is 318 g/mol. The lowest BCUT2D eigenvalue weighted by Crippen LogP contribution is -2.40. The van der Waals surface area contributed by atoms with Crippen molar-refractivity contribution in [1.82, 2.24) is 16.0 Å². The zero-order valence-electron chi connectivity index (χ0n) is 14.5. The molecule has 0 radical (unpaired) electrons. The molecule has 0 aromatic heterocycles. The topological polar surface area (TPSA) is 79.5 Å². The Kier molecular flexibility index (Phi) is 6.83. The summed E-state index contributed by atoms with van der Waals surface area (Å²) in [6.07, 6.45) is 0. The standard InChI is InChI=1S/C19H23N3O3/c1-14-7-9-15(10-8-14)18(23)20-11-12-21-19(24)22-13-16-5-3-4-6-17(16)25-2/h3-10H,11-13H2,1-2H3,(H,20,23)(H2,21,22,24). The third-order valence-electron chi connectivity index (χ3n) is 3.64. The van der Waals surface area contributed by atoms with Crippen LogP contribution in [0.5, 0.6) is 5.75 Å². The maximum atomic E-state index is 11.9. The highest BCUT2D eigenvalue weighted by Gasteiger charge is 2.06. The van der Waals surface area contributed by atoms with Crippen molar-refractivity contribution < 1.29 is 14.3 Å². The summed E-state index contributed by atoms with van der Waals surface area (Å²) in [6.45, 7) is 3.03. The molecule has 25 heavy (non-hydrogen) atoms. The van der Waals surface area contributed by atoms with Crippen LogP contribution in [0.4, 0.5) is 4.79 Å². The Hall–Kier alpha value is -3.02. The third kappa shape index (κ3) is 5.84. The van der Waals surface area contributed by atoms with Crippen LogP contribution >= 0.6 is 0 Å². The molecule has 0 atom stereocenters. The van der Waals surface area contributed by atoms with Crippen molar-refractivity contribution in [2.24, 2.45) is 0 Å². The number of aryl methyl sites for hydroxylation is 1. The fourth-order valence-electron chi connectivity index (χ4n) is 2.25. The maximum Gasteiger partial charge on any atom is 0.315 e. The third-order valence-corrected chi connectivity index (χ3v) is 3.64. The number of carbonyl (C=O) groups excluding carboxylic acids is 2. The first-order chi connectivity index (χ1) is 12.1. The summed E-state index contributed by atoms with van der Waals surface area (Å²) in [4.78, 5) is 23.7. The van der Waals surface area contributed by atoms with Gasteiger partial charge < -0.3 is 20.7 Å². The molecule has 0 aliphatic heterocycles. The van der Waals surface area contributed by atoms with Crippen LogP contribution in [0.25, 0.3) is 0 Å². The molecule has 132 valence electrons. The summed E-state index contributed by atoms with van der Waals surface area (Å²) >= 11 is 0. The number of hydrogen-bond donors (Lipinski definition) is 3. The molecule has 6 heteroatoms. The Morgan fingerprint density at radius 2 is 1.60 bits per heavy atom. The molecule has 0 heterocycles. The normalized spacial score (nSPS) is 10.0. The fraction of sp³-hybridized carbons (Fsp3) is 0.263. The number of carbonyl (C=O) groups is 2. The lowest BCUT2D eigenvalue weighted by molar-refractivity contribution is 0.0954. The lowest BCUT2D eigenvalue weighted by Gasteiger charge is -2.11. The number of hydrogen-bond acceptors (Lipinski definition) is 3. The molecule has 3 amide bonds. The van der Waals surface area contributed by atoms with E-state index in [1.807, 2.05) is 43.3 Å². The van der Waals surface area contributed by atoms with E-state index in [9.17, 15) is 9.59 Å². The van der Waals surface area contributed by atoms with Gasteiger partial charge in [-0.1, -0.05) is 35.9 Å². The smallest absolute Gasteiger partial charge is 0.315 e. The van der Waals surface area contributed by atoms with Crippen LogP contribution in [0.3, 0.4) is 0 Å². The van der Waals surface area contributed by atoms with E-state index in [2.05, 4.69) is 16.0 Å². The Morgan fingerprint density at radius 3 is 2.32 bits per heavy atom. The Balaban J connectivity index is 1.67. The van der Waals surface area contributed by atoms with E-state index >= 15 is 0 Å². The highest BCUT2D eigenvalue weighted by molar-refractivity contribution is 5.94. The summed E-state index contributed by atoms with van der Waals surface area (Å²) < 4.78 is 5.23. The summed E-state index contributed by atoms with van der Waals surface area (Å²) in [5.41, 5.74) is 2.60. The van der Waals surface area contributed by atoms with Crippen molar-refractivity contribution >= 4 is 11.9 Å². The molecule has 3 N–H and O–H groups in total. The number of amides is 3. The molecular formula is C19H23N3O3. The quantitative estimate of drug-likeness (QED) is 0.676. The average Bonchev–Trinajstić information content (AvgIpc) is 2.64. The SMILES string of the molecule is COc1ccccc1CNC(=O)NCCNC(=O)c1ccc(C)cc1. The van der Waals surface area contributed by atoms with Crippen molar-refractivity contribution in [1.29, 1.82) is 0 Å². The van der Waals surface area contributed by atoms with Crippen molar-refractivity contribution in [3.8, 4) is 5.75 Å². The number of urea groups is 1. The molecule has 2 aromatic rings. The molecule has 0 bridgehead atoms. The average molecular weight is 341 g/mol. The minimum atomic E-state index is -0.296. The second-order valence-corrected chi connectivity index (χ2v) is 5.54. The van der Waals surface area contributed by atoms with E-state index < -0.39 is 0 Å². The van der Waals surface area contributed by atoms with Gasteiger partial charge in [-0.05, 0) is 25.1 Å². The first kappa shape index (κ1) is 18.3. The van der Waals surface area contributed by atoms with E-state index in [1.165, 1.54) is 0 Å². The van der Waals surface area contributed by atoms with Gasteiger partial charge in [0.25, 0.3) is 5.91 Å². The van der Waals surface area contributed by atoms with Gasteiger partial charge in [-0.25, -0.2) is 4.79 Å². The zero-order chi connectivity index (χ0) is 18.1. The number of para-hydroxylation sites is 1. The monoisotopic (exact) mass is 341 g/mol. The van der Waals surface area contributed by atoms with E-state index in [-0.39, 0.29) is 11.9 Å². The van der Waals surface area contributed by atoms with Crippen LogP contribution in [-0.4, -0.2) is 32.1 Å². The lowest BCUT2D eigenvalue weighted by atomic mass is 10.1. The second kappa shape index (κ2) is 9.32. The van der Waals surface area contributed by atoms with Crippen LogP contribution < -0.4 is 20.7 Å². The molecule has 2 aromatic carbocycles. The molecule has 0 unspecified atom stereocenters. The van der Waals surface area contributed by atoms with Gasteiger partial charge in [0.05, 0.1) is 7.11 Å². The zero-order valence-corrected chi connectivity index (χ0v) is 14.5. The number of rotatable bonds is 7. The molecule has 6 nitrogen and oxygen atoms in total. The van der Waals surface area contributed by atoms with Gasteiger partial charge in [0, 0.05) is 30.8 Å². The van der Waals surface area contributed by atoms with Gasteiger partial charge in [0.2, 0.25) is 0 Å². The Labute approximate surface area is 147 Å². The van der Waals surface area contributed by atoms with Crippen LogP contribution in [0, 0.1) is 6.92 Å². The first-order valence-corrected chi connectivity index (χ1v) is 8.08. The second-order valence-electron chi connectivity index (χ2n) is 5.54. The van der Waals surface area contributed by atoms with E-state index in [4.69, 9.17) is 4.74 Å². The highest BCUT2D eigenvalue weighted by Crippen LogP contribution is 2.16. The van der Waals surface area contributed by atoms with Gasteiger partial charge in [-0.3, -0.25) is 4.79 Å². The summed E-state index contributed by atoms with van der Waals surface area (Å²) in [5, 5.41) is 8.22. The minimum absolute atomic E-state index is 0.156. The largest absolute Gasteiger partial charge is 0.496 e. The molecule has 0 fully saturated rings.